The molecule has 17 heavy (non-hydrogen) atoms. The summed E-state index contributed by atoms with van der Waals surface area (Å²) in [5.74, 6) is 0. The first-order chi connectivity index (χ1) is 8.26. The lowest BCUT2D eigenvalue weighted by atomic mass is 9.87. The third-order valence-corrected chi connectivity index (χ3v) is 4.19. The summed E-state index contributed by atoms with van der Waals surface area (Å²) in [5, 5.41) is 0. The highest BCUT2D eigenvalue weighted by Crippen LogP contribution is 2.66. The molecule has 1 heterocycles. The van der Waals surface area contributed by atoms with Gasteiger partial charge in [0.2, 0.25) is 0 Å². The van der Waals surface area contributed by atoms with Gasteiger partial charge in [-0.2, -0.15) is 0 Å². The Bertz CT molecular complexity index is 589. The molecular formula is C16H14O. The molecule has 2 aromatic carbocycles. The molecule has 84 valence electrons. The zero-order chi connectivity index (χ0) is 11.5. The Balaban J connectivity index is 1.96. The highest BCUT2D eigenvalue weighted by molar-refractivity contribution is 5.55. The van der Waals surface area contributed by atoms with Crippen molar-refractivity contribution in [1.82, 2.24) is 0 Å². The predicted octanol–water partition coefficient (Wildman–Crippen LogP) is 3.28. The van der Waals surface area contributed by atoms with Crippen molar-refractivity contribution in [3.8, 4) is 0 Å². The van der Waals surface area contributed by atoms with E-state index in [1.807, 2.05) is 0 Å². The van der Waals surface area contributed by atoms with Crippen LogP contribution >= 0.6 is 0 Å². The van der Waals surface area contributed by atoms with Crippen molar-refractivity contribution in [3.05, 3.63) is 71.3 Å². The van der Waals surface area contributed by atoms with Crippen LogP contribution in [0.1, 0.15) is 23.6 Å². The van der Waals surface area contributed by atoms with E-state index in [4.69, 9.17) is 4.74 Å². The lowest BCUT2D eigenvalue weighted by Gasteiger charge is -2.13. The van der Waals surface area contributed by atoms with Crippen LogP contribution in [0.3, 0.4) is 0 Å². The summed E-state index contributed by atoms with van der Waals surface area (Å²) in [5.41, 5.74) is 3.87. The van der Waals surface area contributed by atoms with Crippen LogP contribution in [0.25, 0.3) is 0 Å². The Labute approximate surface area is 101 Å². The highest BCUT2D eigenvalue weighted by atomic mass is 16.6. The van der Waals surface area contributed by atoms with Gasteiger partial charge in [0.05, 0.1) is 0 Å². The molecule has 0 aromatic heterocycles. The van der Waals surface area contributed by atoms with Gasteiger partial charge in [0.1, 0.15) is 11.2 Å². The molecule has 1 heteroatoms. The zero-order valence-corrected chi connectivity index (χ0v) is 9.81. The number of rotatable bonds is 1. The first-order valence-electron chi connectivity index (χ1n) is 6.10. The Morgan fingerprint density at radius 3 is 2.47 bits per heavy atom. The number of hydrogen-bond acceptors (Lipinski definition) is 1. The molecule has 0 radical (unpaired) electrons. The molecule has 0 bridgehead atoms. The third-order valence-electron chi connectivity index (χ3n) is 4.19. The molecule has 1 fully saturated rings. The van der Waals surface area contributed by atoms with Crippen LogP contribution in [0.5, 0.6) is 0 Å². The van der Waals surface area contributed by atoms with Gasteiger partial charge in [-0.25, -0.2) is 0 Å². The van der Waals surface area contributed by atoms with Crippen LogP contribution in [0.15, 0.2) is 54.6 Å². The Morgan fingerprint density at radius 1 is 0.941 bits per heavy atom. The Morgan fingerprint density at radius 2 is 1.65 bits per heavy atom. The van der Waals surface area contributed by atoms with Crippen LogP contribution in [-0.2, 0) is 16.8 Å². The van der Waals surface area contributed by atoms with Crippen molar-refractivity contribution in [2.45, 2.75) is 24.5 Å². The van der Waals surface area contributed by atoms with E-state index >= 15 is 0 Å². The number of fused-ring (bicyclic) bond motifs is 3. The van der Waals surface area contributed by atoms with Crippen molar-refractivity contribution in [1.29, 1.82) is 0 Å². The minimum Gasteiger partial charge on any atom is -0.352 e. The minimum atomic E-state index is -0.176. The molecule has 0 amide bonds. The van der Waals surface area contributed by atoms with Crippen molar-refractivity contribution in [3.63, 3.8) is 0 Å². The number of benzene rings is 2. The van der Waals surface area contributed by atoms with Gasteiger partial charge in [-0.3, -0.25) is 0 Å². The molecule has 0 spiro atoms. The van der Waals surface area contributed by atoms with E-state index in [0.717, 1.165) is 6.42 Å². The standard InChI is InChI=1S/C16H14O/c1-15-11-12-7-5-6-10-14(12)16(15,17-15)13-8-3-2-4-9-13/h2-10H,11H2,1H3. The van der Waals surface area contributed by atoms with Gasteiger partial charge in [0.25, 0.3) is 0 Å². The molecule has 1 aliphatic heterocycles. The van der Waals surface area contributed by atoms with E-state index < -0.39 is 0 Å². The van der Waals surface area contributed by atoms with Gasteiger partial charge in [0, 0.05) is 6.42 Å². The van der Waals surface area contributed by atoms with Crippen molar-refractivity contribution < 1.29 is 4.74 Å². The number of hydrogen-bond donors (Lipinski definition) is 0. The highest BCUT2D eigenvalue weighted by Gasteiger charge is 2.72. The SMILES string of the molecule is CC12Cc3ccccc3C1(c1ccccc1)O2. The second kappa shape index (κ2) is 2.80. The fourth-order valence-electron chi connectivity index (χ4n) is 3.39. The average Bonchev–Trinajstić information content (AvgIpc) is 2.90. The molecule has 2 atom stereocenters. The first kappa shape index (κ1) is 9.43. The smallest absolute Gasteiger partial charge is 0.148 e. The molecule has 2 unspecified atom stereocenters. The second-order valence-corrected chi connectivity index (χ2v) is 5.21. The molecule has 0 saturated carbocycles. The lowest BCUT2D eigenvalue weighted by molar-refractivity contribution is 0.274. The van der Waals surface area contributed by atoms with E-state index in [0.29, 0.717) is 0 Å². The minimum absolute atomic E-state index is 0.0297. The predicted molar refractivity (Wildman–Crippen MR) is 66.9 cm³/mol. The first-order valence-corrected chi connectivity index (χ1v) is 6.10. The number of ether oxygens (including phenoxy) is 1. The number of epoxide rings is 1. The van der Waals surface area contributed by atoms with Crippen molar-refractivity contribution in [2.75, 3.05) is 0 Å². The van der Waals surface area contributed by atoms with E-state index in [2.05, 4.69) is 61.5 Å². The van der Waals surface area contributed by atoms with Gasteiger partial charge < -0.3 is 4.74 Å². The fraction of sp³-hybridized carbons (Fsp3) is 0.250. The van der Waals surface area contributed by atoms with Crippen LogP contribution in [0.2, 0.25) is 0 Å². The monoisotopic (exact) mass is 222 g/mol. The van der Waals surface area contributed by atoms with Crippen LogP contribution in [0.4, 0.5) is 0 Å². The summed E-state index contributed by atoms with van der Waals surface area (Å²) in [6, 6.07) is 19.2. The van der Waals surface area contributed by atoms with E-state index in [1.54, 1.807) is 0 Å². The maximum atomic E-state index is 6.14. The van der Waals surface area contributed by atoms with Gasteiger partial charge >= 0.3 is 0 Å². The fourth-order valence-corrected chi connectivity index (χ4v) is 3.39. The maximum Gasteiger partial charge on any atom is 0.148 e. The molecule has 4 rings (SSSR count). The molecule has 1 nitrogen and oxygen atoms in total. The zero-order valence-electron chi connectivity index (χ0n) is 9.81. The molecule has 2 aromatic rings. The summed E-state index contributed by atoms with van der Waals surface area (Å²) in [6.07, 6.45) is 1.03. The van der Waals surface area contributed by atoms with Gasteiger partial charge in [0.15, 0.2) is 0 Å². The average molecular weight is 222 g/mol. The summed E-state index contributed by atoms with van der Waals surface area (Å²) in [6.45, 7) is 2.22. The van der Waals surface area contributed by atoms with E-state index in [9.17, 15) is 0 Å². The lowest BCUT2D eigenvalue weighted by Crippen LogP contribution is -2.17. The second-order valence-electron chi connectivity index (χ2n) is 5.21. The van der Waals surface area contributed by atoms with Crippen molar-refractivity contribution >= 4 is 0 Å². The van der Waals surface area contributed by atoms with Gasteiger partial charge in [-0.15, -0.1) is 0 Å². The summed E-state index contributed by atoms with van der Waals surface area (Å²) >= 11 is 0. The topological polar surface area (TPSA) is 12.5 Å². The van der Waals surface area contributed by atoms with Crippen molar-refractivity contribution in [2.24, 2.45) is 0 Å². The Kier molecular flexibility index (Phi) is 1.55. The maximum absolute atomic E-state index is 6.14. The van der Waals surface area contributed by atoms with Crippen LogP contribution < -0.4 is 0 Å². The summed E-state index contributed by atoms with van der Waals surface area (Å²) in [7, 11) is 0. The normalized spacial score (nSPS) is 33.0. The summed E-state index contributed by atoms with van der Waals surface area (Å²) < 4.78 is 6.14. The van der Waals surface area contributed by atoms with Gasteiger partial charge in [-0.1, -0.05) is 54.6 Å². The quantitative estimate of drug-likeness (QED) is 0.675. The van der Waals surface area contributed by atoms with E-state index in [-0.39, 0.29) is 11.2 Å². The molecular weight excluding hydrogens is 208 g/mol. The summed E-state index contributed by atoms with van der Waals surface area (Å²) in [4.78, 5) is 0. The Hall–Kier alpha value is -1.60. The van der Waals surface area contributed by atoms with Gasteiger partial charge in [-0.05, 0) is 23.6 Å². The molecule has 0 N–H and O–H groups in total. The van der Waals surface area contributed by atoms with E-state index in [1.165, 1.54) is 16.7 Å². The van der Waals surface area contributed by atoms with Crippen LogP contribution in [0, 0.1) is 0 Å². The third kappa shape index (κ3) is 0.985. The molecule has 1 saturated heterocycles. The molecule has 1 aliphatic carbocycles. The molecule has 2 aliphatic rings. The van der Waals surface area contributed by atoms with Crippen LogP contribution in [-0.4, -0.2) is 5.60 Å². The largest absolute Gasteiger partial charge is 0.352 e.